The van der Waals surface area contributed by atoms with Crippen molar-refractivity contribution < 1.29 is 4.79 Å². The number of hydrogen-bond donors (Lipinski definition) is 1. The summed E-state index contributed by atoms with van der Waals surface area (Å²) in [7, 11) is 0. The van der Waals surface area contributed by atoms with Crippen molar-refractivity contribution in [3.05, 3.63) is 87.1 Å². The zero-order valence-electron chi connectivity index (χ0n) is 13.6. The molecule has 2 nitrogen and oxygen atoms in total. The smallest absolute Gasteiger partial charge is 0.252 e. The van der Waals surface area contributed by atoms with Crippen LogP contribution in [0, 0.1) is 0 Å². The van der Waals surface area contributed by atoms with Crippen LogP contribution in [0.15, 0.2) is 70.9 Å². The minimum absolute atomic E-state index is 0.0248. The molecule has 0 fully saturated rings. The second-order valence-electron chi connectivity index (χ2n) is 5.50. The zero-order valence-corrected chi connectivity index (χ0v) is 16.0. The average Bonchev–Trinajstić information content (AvgIpc) is 3.15. The first-order chi connectivity index (χ1) is 12.2. The maximum absolute atomic E-state index is 12.5. The van der Waals surface area contributed by atoms with Gasteiger partial charge in [0.1, 0.15) is 0 Å². The molecule has 0 aliphatic heterocycles. The molecule has 5 heteroatoms. The van der Waals surface area contributed by atoms with E-state index < -0.39 is 0 Å². The van der Waals surface area contributed by atoms with Crippen LogP contribution in [0.1, 0.15) is 20.8 Å². The Morgan fingerprint density at radius 2 is 1.84 bits per heavy atom. The van der Waals surface area contributed by atoms with Crippen molar-refractivity contribution in [3.63, 3.8) is 0 Å². The quantitative estimate of drug-likeness (QED) is 0.529. The fraction of sp³-hybridized carbons (Fsp3) is 0.150. The topological polar surface area (TPSA) is 29.1 Å². The Labute approximate surface area is 161 Å². The number of rotatable bonds is 7. The second-order valence-corrected chi connectivity index (χ2v) is 7.98. The number of carbonyl (C=O) groups is 1. The van der Waals surface area contributed by atoms with Crippen LogP contribution in [-0.4, -0.2) is 12.5 Å². The Morgan fingerprint density at radius 1 is 1.04 bits per heavy atom. The zero-order chi connectivity index (χ0) is 17.5. The van der Waals surface area contributed by atoms with E-state index in [9.17, 15) is 4.79 Å². The highest BCUT2D eigenvalue weighted by Gasteiger charge is 2.11. The van der Waals surface area contributed by atoms with Crippen LogP contribution in [0.25, 0.3) is 0 Å². The summed E-state index contributed by atoms with van der Waals surface area (Å²) in [6.07, 6.45) is 0.785. The first-order valence-electron chi connectivity index (χ1n) is 7.99. The molecule has 3 rings (SSSR count). The highest BCUT2D eigenvalue weighted by atomic mass is 35.5. The van der Waals surface area contributed by atoms with Crippen LogP contribution in [0.4, 0.5) is 0 Å². The van der Waals surface area contributed by atoms with E-state index in [2.05, 4.69) is 22.8 Å². The summed E-state index contributed by atoms with van der Waals surface area (Å²) in [6, 6.07) is 19.6. The van der Waals surface area contributed by atoms with Gasteiger partial charge in [0.25, 0.3) is 5.91 Å². The maximum Gasteiger partial charge on any atom is 0.252 e. The van der Waals surface area contributed by atoms with Gasteiger partial charge in [-0.2, -0.15) is 0 Å². The molecule has 25 heavy (non-hydrogen) atoms. The summed E-state index contributed by atoms with van der Waals surface area (Å²) >= 11 is 9.33. The van der Waals surface area contributed by atoms with E-state index in [1.807, 2.05) is 48.5 Å². The first kappa shape index (κ1) is 18.1. The fourth-order valence-corrected chi connectivity index (χ4v) is 4.34. The molecule has 1 N–H and O–H groups in total. The van der Waals surface area contributed by atoms with Crippen molar-refractivity contribution in [2.75, 3.05) is 6.54 Å². The average molecular weight is 388 g/mol. The Hall–Kier alpha value is -1.75. The lowest BCUT2D eigenvalue weighted by Gasteiger charge is -2.10. The van der Waals surface area contributed by atoms with Gasteiger partial charge in [0.15, 0.2) is 0 Å². The molecule has 1 amide bonds. The minimum Gasteiger partial charge on any atom is -0.352 e. The molecule has 1 aromatic heterocycles. The van der Waals surface area contributed by atoms with Gasteiger partial charge in [0, 0.05) is 27.1 Å². The lowest BCUT2D eigenvalue weighted by Crippen LogP contribution is -2.26. The molecule has 0 bridgehead atoms. The molecule has 0 aliphatic carbocycles. The molecule has 0 radical (unpaired) electrons. The molecule has 0 aliphatic rings. The number of thiophene rings is 1. The summed E-state index contributed by atoms with van der Waals surface area (Å²) in [5, 5.41) is 5.81. The van der Waals surface area contributed by atoms with Gasteiger partial charge in [0.05, 0.1) is 5.56 Å². The number of hydrogen-bond acceptors (Lipinski definition) is 3. The summed E-state index contributed by atoms with van der Waals surface area (Å²) < 4.78 is 0. The number of thioether (sulfide) groups is 1. The largest absolute Gasteiger partial charge is 0.352 e. The van der Waals surface area contributed by atoms with Gasteiger partial charge in [-0.25, -0.2) is 0 Å². The van der Waals surface area contributed by atoms with Gasteiger partial charge in [-0.3, -0.25) is 4.79 Å². The lowest BCUT2D eigenvalue weighted by atomic mass is 10.1. The van der Waals surface area contributed by atoms with E-state index in [1.54, 1.807) is 23.1 Å². The summed E-state index contributed by atoms with van der Waals surface area (Å²) in [5.74, 6) is 0.857. The molecule has 3 aromatic rings. The maximum atomic E-state index is 12.5. The molecular formula is C20H18ClNOS2. The molecule has 0 saturated heterocycles. The third kappa shape index (κ3) is 5.36. The van der Waals surface area contributed by atoms with Crippen LogP contribution in [0.3, 0.4) is 0 Å². The van der Waals surface area contributed by atoms with Crippen molar-refractivity contribution in [3.8, 4) is 0 Å². The summed E-state index contributed by atoms with van der Waals surface area (Å²) in [5.41, 5.74) is 1.89. The van der Waals surface area contributed by atoms with Crippen LogP contribution in [0.2, 0.25) is 5.02 Å². The number of nitrogens with one attached hydrogen (secondary N) is 1. The van der Waals surface area contributed by atoms with Crippen molar-refractivity contribution in [2.24, 2.45) is 0 Å². The SMILES string of the molecule is O=C(NCCc1ccc(Cl)cc1)c1ccccc1SCc1cccs1. The van der Waals surface area contributed by atoms with E-state index in [1.165, 1.54) is 4.88 Å². The predicted octanol–water partition coefficient (Wildman–Crippen LogP) is 5.67. The number of benzene rings is 2. The van der Waals surface area contributed by atoms with Gasteiger partial charge in [-0.05, 0) is 47.7 Å². The molecule has 128 valence electrons. The highest BCUT2D eigenvalue weighted by Crippen LogP contribution is 2.27. The van der Waals surface area contributed by atoms with Crippen molar-refractivity contribution >= 4 is 40.6 Å². The minimum atomic E-state index is -0.0248. The monoisotopic (exact) mass is 387 g/mol. The van der Waals surface area contributed by atoms with Crippen LogP contribution in [-0.2, 0) is 12.2 Å². The Balaban J connectivity index is 1.56. The summed E-state index contributed by atoms with van der Waals surface area (Å²) in [4.78, 5) is 14.9. The highest BCUT2D eigenvalue weighted by molar-refractivity contribution is 7.98. The Kier molecular flexibility index (Phi) is 6.56. The number of amides is 1. The fourth-order valence-electron chi connectivity index (χ4n) is 2.39. The van der Waals surface area contributed by atoms with Gasteiger partial charge in [-0.15, -0.1) is 23.1 Å². The van der Waals surface area contributed by atoms with Crippen molar-refractivity contribution in [2.45, 2.75) is 17.1 Å². The van der Waals surface area contributed by atoms with Crippen LogP contribution >= 0.6 is 34.7 Å². The van der Waals surface area contributed by atoms with E-state index in [4.69, 9.17) is 11.6 Å². The first-order valence-corrected chi connectivity index (χ1v) is 10.2. The molecule has 0 spiro atoms. The second kappa shape index (κ2) is 9.09. The van der Waals surface area contributed by atoms with Crippen molar-refractivity contribution in [1.29, 1.82) is 0 Å². The van der Waals surface area contributed by atoms with Crippen molar-refractivity contribution in [1.82, 2.24) is 5.32 Å². The normalized spacial score (nSPS) is 10.6. The van der Waals surface area contributed by atoms with E-state index in [0.717, 1.165) is 33.2 Å². The van der Waals surface area contributed by atoms with Gasteiger partial charge < -0.3 is 5.32 Å². The van der Waals surface area contributed by atoms with E-state index in [0.29, 0.717) is 6.54 Å². The van der Waals surface area contributed by atoms with Crippen LogP contribution < -0.4 is 5.32 Å². The molecule has 0 atom stereocenters. The van der Waals surface area contributed by atoms with E-state index in [-0.39, 0.29) is 5.91 Å². The number of carbonyl (C=O) groups excluding carboxylic acids is 1. The lowest BCUT2D eigenvalue weighted by molar-refractivity contribution is 0.0951. The third-order valence-corrected chi connectivity index (χ3v) is 6.13. The van der Waals surface area contributed by atoms with Gasteiger partial charge in [-0.1, -0.05) is 41.9 Å². The number of halogens is 1. The predicted molar refractivity (Wildman–Crippen MR) is 108 cm³/mol. The molecule has 1 heterocycles. The molecular weight excluding hydrogens is 370 g/mol. The Bertz CT molecular complexity index is 816. The van der Waals surface area contributed by atoms with Crippen LogP contribution in [0.5, 0.6) is 0 Å². The van der Waals surface area contributed by atoms with E-state index >= 15 is 0 Å². The van der Waals surface area contributed by atoms with Gasteiger partial charge in [0.2, 0.25) is 0 Å². The molecule has 0 saturated carbocycles. The standard InChI is InChI=1S/C20H18ClNOS2/c21-16-9-7-15(8-10-16)11-12-22-20(23)18-5-1-2-6-19(18)25-14-17-4-3-13-24-17/h1-10,13H,11-12,14H2,(H,22,23). The molecule has 2 aromatic carbocycles. The Morgan fingerprint density at radius 3 is 2.60 bits per heavy atom. The third-order valence-electron chi connectivity index (χ3n) is 3.69. The summed E-state index contributed by atoms with van der Waals surface area (Å²) in [6.45, 7) is 0.602. The van der Waals surface area contributed by atoms with Gasteiger partial charge >= 0.3 is 0 Å². The molecule has 0 unspecified atom stereocenters.